The van der Waals surface area contributed by atoms with Crippen LogP contribution in [0, 0.1) is 6.92 Å². The van der Waals surface area contributed by atoms with Crippen molar-refractivity contribution < 1.29 is 0 Å². The lowest BCUT2D eigenvalue weighted by molar-refractivity contribution is 0.541. The molecule has 0 aliphatic rings. The van der Waals surface area contributed by atoms with Gasteiger partial charge in [0.15, 0.2) is 5.65 Å². The van der Waals surface area contributed by atoms with E-state index in [0.717, 1.165) is 23.1 Å². The summed E-state index contributed by atoms with van der Waals surface area (Å²) in [6.45, 7) is 6.26. The van der Waals surface area contributed by atoms with Gasteiger partial charge in [0.05, 0.1) is 11.1 Å². The molecule has 2 heterocycles. The fourth-order valence-electron chi connectivity index (χ4n) is 2.57. The van der Waals surface area contributed by atoms with Crippen molar-refractivity contribution in [2.24, 2.45) is 0 Å². The first-order chi connectivity index (χ1) is 10.1. The van der Waals surface area contributed by atoms with E-state index in [4.69, 9.17) is 10.8 Å². The number of aryl methyl sites for hydroxylation is 1. The largest absolute Gasteiger partial charge is 0.383 e. The number of nitrogens with two attached hydrogens (primary N) is 1. The summed E-state index contributed by atoms with van der Waals surface area (Å²) < 4.78 is 1.92. The number of anilines is 1. The van der Waals surface area contributed by atoms with Crippen LogP contribution < -0.4 is 5.73 Å². The van der Waals surface area contributed by atoms with Gasteiger partial charge in [0.1, 0.15) is 12.1 Å². The third-order valence-corrected chi connectivity index (χ3v) is 3.53. The maximum absolute atomic E-state index is 6.05. The van der Waals surface area contributed by atoms with Crippen molar-refractivity contribution in [2.75, 3.05) is 5.73 Å². The van der Waals surface area contributed by atoms with Crippen LogP contribution in [0.1, 0.15) is 36.7 Å². The average molecular weight is 281 g/mol. The molecule has 5 heteroatoms. The number of benzene rings is 1. The summed E-state index contributed by atoms with van der Waals surface area (Å²) in [5.41, 5.74) is 10.2. The van der Waals surface area contributed by atoms with Gasteiger partial charge in [-0.1, -0.05) is 29.8 Å². The molecule has 5 nitrogen and oxygen atoms in total. The Hall–Kier alpha value is -2.43. The maximum atomic E-state index is 6.05. The maximum Gasteiger partial charge on any atom is 0.163 e. The summed E-state index contributed by atoms with van der Waals surface area (Å²) in [6.07, 6.45) is 2.23. The molecule has 0 aliphatic carbocycles. The first-order valence-corrected chi connectivity index (χ1v) is 7.09. The van der Waals surface area contributed by atoms with Gasteiger partial charge in [0, 0.05) is 12.5 Å². The fourth-order valence-corrected chi connectivity index (χ4v) is 2.57. The van der Waals surface area contributed by atoms with Crippen LogP contribution in [0.25, 0.3) is 11.0 Å². The van der Waals surface area contributed by atoms with Crippen LogP contribution in [-0.2, 0) is 6.42 Å². The minimum Gasteiger partial charge on any atom is -0.383 e. The van der Waals surface area contributed by atoms with Gasteiger partial charge in [-0.25, -0.2) is 14.6 Å². The van der Waals surface area contributed by atoms with E-state index in [1.165, 1.54) is 17.5 Å². The quantitative estimate of drug-likeness (QED) is 0.801. The zero-order chi connectivity index (χ0) is 15.0. The Bertz CT molecular complexity index is 788. The molecule has 1 aromatic carbocycles. The van der Waals surface area contributed by atoms with E-state index < -0.39 is 0 Å². The summed E-state index contributed by atoms with van der Waals surface area (Å²) in [4.78, 5) is 8.47. The number of aromatic nitrogens is 4. The molecular weight excluding hydrogens is 262 g/mol. The van der Waals surface area contributed by atoms with Gasteiger partial charge >= 0.3 is 0 Å². The van der Waals surface area contributed by atoms with Crippen molar-refractivity contribution in [1.82, 2.24) is 19.7 Å². The zero-order valence-corrected chi connectivity index (χ0v) is 12.5. The Labute approximate surface area is 123 Å². The Morgan fingerprint density at radius 1 is 1.24 bits per heavy atom. The van der Waals surface area contributed by atoms with Crippen LogP contribution in [0.4, 0.5) is 5.82 Å². The number of rotatable bonds is 3. The van der Waals surface area contributed by atoms with Gasteiger partial charge in [-0.15, -0.1) is 0 Å². The molecule has 21 heavy (non-hydrogen) atoms. The predicted octanol–water partition coefficient (Wildman–Crippen LogP) is 2.89. The smallest absolute Gasteiger partial charge is 0.163 e. The van der Waals surface area contributed by atoms with Crippen LogP contribution in [-0.4, -0.2) is 19.7 Å². The van der Waals surface area contributed by atoms with Crippen LogP contribution >= 0.6 is 0 Å². The Morgan fingerprint density at radius 2 is 2.05 bits per heavy atom. The number of fused-ring (bicyclic) bond motifs is 1. The average Bonchev–Trinajstić information content (AvgIpc) is 2.79. The molecule has 2 aromatic heterocycles. The van der Waals surface area contributed by atoms with E-state index in [0.29, 0.717) is 5.82 Å². The molecule has 0 radical (unpaired) electrons. The Balaban J connectivity index is 2.14. The summed E-state index contributed by atoms with van der Waals surface area (Å²) in [6, 6.07) is 8.65. The normalized spacial score (nSPS) is 11.4. The number of nitrogens with zero attached hydrogens (tertiary/aromatic N) is 4. The minimum absolute atomic E-state index is 0.230. The molecular formula is C16H19N5. The van der Waals surface area contributed by atoms with Crippen LogP contribution in [0.3, 0.4) is 0 Å². The third-order valence-electron chi connectivity index (χ3n) is 3.53. The van der Waals surface area contributed by atoms with Crippen LogP contribution in [0.15, 0.2) is 30.6 Å². The molecule has 0 atom stereocenters. The standard InChI is InChI=1S/C16H19N5/c1-10(2)21-16-14(15(17)18-9-19-16)13(20-21)8-12-6-4-5-11(3)7-12/h4-7,9-10H,8H2,1-3H3,(H2,17,18,19). The molecule has 0 amide bonds. The van der Waals surface area contributed by atoms with Crippen molar-refractivity contribution in [2.45, 2.75) is 33.2 Å². The summed E-state index contributed by atoms with van der Waals surface area (Å²) >= 11 is 0. The van der Waals surface area contributed by atoms with E-state index in [1.807, 2.05) is 4.68 Å². The van der Waals surface area contributed by atoms with Crippen LogP contribution in [0.5, 0.6) is 0 Å². The van der Waals surface area contributed by atoms with Crippen molar-refractivity contribution in [3.63, 3.8) is 0 Å². The zero-order valence-electron chi connectivity index (χ0n) is 12.5. The highest BCUT2D eigenvalue weighted by Crippen LogP contribution is 2.25. The van der Waals surface area contributed by atoms with Gasteiger partial charge in [-0.2, -0.15) is 5.10 Å². The van der Waals surface area contributed by atoms with E-state index in [1.54, 1.807) is 0 Å². The summed E-state index contributed by atoms with van der Waals surface area (Å²) in [5.74, 6) is 0.495. The second-order valence-corrected chi connectivity index (χ2v) is 5.61. The van der Waals surface area contributed by atoms with E-state index in [-0.39, 0.29) is 6.04 Å². The second-order valence-electron chi connectivity index (χ2n) is 5.61. The highest BCUT2D eigenvalue weighted by Gasteiger charge is 2.17. The molecule has 3 aromatic rings. The molecule has 0 fully saturated rings. The number of hydrogen-bond donors (Lipinski definition) is 1. The molecule has 0 spiro atoms. The molecule has 3 rings (SSSR count). The SMILES string of the molecule is Cc1cccc(Cc2nn(C(C)C)c3ncnc(N)c23)c1. The lowest BCUT2D eigenvalue weighted by atomic mass is 10.1. The Morgan fingerprint density at radius 3 is 2.76 bits per heavy atom. The lowest BCUT2D eigenvalue weighted by Gasteiger charge is -2.05. The molecule has 0 bridgehead atoms. The first kappa shape index (κ1) is 13.5. The fraction of sp³-hybridized carbons (Fsp3) is 0.312. The van der Waals surface area contributed by atoms with E-state index in [2.05, 4.69) is 55.0 Å². The molecule has 0 saturated heterocycles. The molecule has 0 unspecified atom stereocenters. The van der Waals surface area contributed by atoms with Crippen molar-refractivity contribution in [3.8, 4) is 0 Å². The van der Waals surface area contributed by atoms with E-state index in [9.17, 15) is 0 Å². The van der Waals surface area contributed by atoms with Gasteiger partial charge in [-0.05, 0) is 26.3 Å². The monoisotopic (exact) mass is 281 g/mol. The number of nitrogen functional groups attached to an aromatic ring is 1. The highest BCUT2D eigenvalue weighted by molar-refractivity contribution is 5.88. The molecule has 0 aliphatic heterocycles. The van der Waals surface area contributed by atoms with Crippen molar-refractivity contribution in [1.29, 1.82) is 0 Å². The van der Waals surface area contributed by atoms with Crippen molar-refractivity contribution in [3.05, 3.63) is 47.4 Å². The molecule has 0 saturated carbocycles. The number of hydrogen-bond acceptors (Lipinski definition) is 4. The van der Waals surface area contributed by atoms with Gasteiger partial charge in [0.2, 0.25) is 0 Å². The minimum atomic E-state index is 0.230. The second kappa shape index (κ2) is 5.16. The van der Waals surface area contributed by atoms with Gasteiger partial charge in [-0.3, -0.25) is 0 Å². The molecule has 2 N–H and O–H groups in total. The summed E-state index contributed by atoms with van der Waals surface area (Å²) in [7, 11) is 0. The summed E-state index contributed by atoms with van der Waals surface area (Å²) in [5, 5.41) is 5.58. The molecule has 108 valence electrons. The van der Waals surface area contributed by atoms with Gasteiger partial charge < -0.3 is 5.73 Å². The predicted molar refractivity (Wildman–Crippen MR) is 84.1 cm³/mol. The van der Waals surface area contributed by atoms with Crippen LogP contribution in [0.2, 0.25) is 0 Å². The van der Waals surface area contributed by atoms with Crippen molar-refractivity contribution >= 4 is 16.9 Å². The first-order valence-electron chi connectivity index (χ1n) is 7.09. The Kier molecular flexibility index (Phi) is 3.33. The lowest BCUT2D eigenvalue weighted by Crippen LogP contribution is -2.04. The van der Waals surface area contributed by atoms with E-state index >= 15 is 0 Å². The third kappa shape index (κ3) is 2.46. The van der Waals surface area contributed by atoms with Gasteiger partial charge in [0.25, 0.3) is 0 Å². The highest BCUT2D eigenvalue weighted by atomic mass is 15.3. The topological polar surface area (TPSA) is 69.6 Å².